The summed E-state index contributed by atoms with van der Waals surface area (Å²) in [6.45, 7) is 10.1. The summed E-state index contributed by atoms with van der Waals surface area (Å²) in [7, 11) is 0. The summed E-state index contributed by atoms with van der Waals surface area (Å²) < 4.78 is 16.8. The number of nitrogens with one attached hydrogen (secondary N) is 2. The molecular weight excluding hydrogens is 343 g/mol. The summed E-state index contributed by atoms with van der Waals surface area (Å²) in [5.74, 6) is 1.06. The molecule has 1 aromatic carbocycles. The predicted octanol–water partition coefficient (Wildman–Crippen LogP) is 4.82. The maximum absolute atomic E-state index is 14.8. The molecule has 0 radical (unpaired) electrons. The van der Waals surface area contributed by atoms with Gasteiger partial charge in [0.2, 0.25) is 5.95 Å². The van der Waals surface area contributed by atoms with Gasteiger partial charge in [-0.3, -0.25) is 0 Å². The first-order chi connectivity index (χ1) is 12.8. The fourth-order valence-electron chi connectivity index (χ4n) is 3.55. The first-order valence-electron chi connectivity index (χ1n) is 9.14. The van der Waals surface area contributed by atoms with Crippen LogP contribution in [0.2, 0.25) is 0 Å². The van der Waals surface area contributed by atoms with Gasteiger partial charge in [-0.2, -0.15) is 4.98 Å². The molecule has 0 saturated carbocycles. The Hall–Kier alpha value is -2.96. The Labute approximate surface area is 156 Å². The second-order valence-corrected chi connectivity index (χ2v) is 7.41. The van der Waals surface area contributed by atoms with E-state index in [4.69, 9.17) is 0 Å². The fourth-order valence-corrected chi connectivity index (χ4v) is 3.55. The number of hydrogen-bond donors (Lipinski definition) is 2. The van der Waals surface area contributed by atoms with Crippen molar-refractivity contribution in [2.24, 2.45) is 0 Å². The van der Waals surface area contributed by atoms with Crippen LogP contribution in [0.15, 0.2) is 24.5 Å². The molecule has 0 amide bonds. The molecule has 6 nitrogen and oxygen atoms in total. The highest BCUT2D eigenvalue weighted by atomic mass is 19.1. The number of hydrogen-bond acceptors (Lipinski definition) is 4. The van der Waals surface area contributed by atoms with E-state index in [1.54, 1.807) is 6.20 Å². The van der Waals surface area contributed by atoms with Crippen molar-refractivity contribution in [3.63, 3.8) is 0 Å². The Morgan fingerprint density at radius 2 is 1.93 bits per heavy atom. The van der Waals surface area contributed by atoms with E-state index in [-0.39, 0.29) is 17.9 Å². The van der Waals surface area contributed by atoms with E-state index in [0.29, 0.717) is 11.5 Å². The van der Waals surface area contributed by atoms with E-state index in [0.717, 1.165) is 33.5 Å². The minimum atomic E-state index is -0.321. The van der Waals surface area contributed by atoms with Crippen LogP contribution in [0.1, 0.15) is 39.6 Å². The van der Waals surface area contributed by atoms with Gasteiger partial charge in [-0.15, -0.1) is 0 Å². The number of benzene rings is 1. The number of H-pyrrole nitrogens is 1. The average Bonchev–Trinajstić information content (AvgIpc) is 3.14. The molecule has 2 N–H and O–H groups in total. The van der Waals surface area contributed by atoms with Crippen molar-refractivity contribution in [2.75, 3.05) is 5.32 Å². The summed E-state index contributed by atoms with van der Waals surface area (Å²) in [5.41, 5.74) is 3.57. The molecule has 0 fully saturated rings. The zero-order valence-electron chi connectivity index (χ0n) is 16.1. The van der Waals surface area contributed by atoms with Gasteiger partial charge in [0.15, 0.2) is 5.82 Å². The highest BCUT2D eigenvalue weighted by Gasteiger charge is 2.17. The predicted molar refractivity (Wildman–Crippen MR) is 106 cm³/mol. The molecule has 4 aromatic rings. The number of nitrogens with zero attached hydrogens (tertiary/aromatic N) is 4. The van der Waals surface area contributed by atoms with Crippen LogP contribution in [0.5, 0.6) is 0 Å². The largest absolute Gasteiger partial charge is 0.352 e. The monoisotopic (exact) mass is 366 g/mol. The first kappa shape index (κ1) is 17.5. The maximum Gasteiger partial charge on any atom is 0.224 e. The average molecular weight is 366 g/mol. The third-order valence-electron chi connectivity index (χ3n) is 4.60. The van der Waals surface area contributed by atoms with Gasteiger partial charge in [-0.1, -0.05) is 0 Å². The molecule has 0 bridgehead atoms. The molecule has 140 valence electrons. The Morgan fingerprint density at radius 3 is 2.63 bits per heavy atom. The summed E-state index contributed by atoms with van der Waals surface area (Å²) in [6, 6.07) is 3.96. The zero-order chi connectivity index (χ0) is 19.3. The van der Waals surface area contributed by atoms with Crippen molar-refractivity contribution in [3.05, 3.63) is 36.2 Å². The van der Waals surface area contributed by atoms with Gasteiger partial charge in [-0.05, 0) is 52.3 Å². The minimum absolute atomic E-state index is 0.195. The van der Waals surface area contributed by atoms with Crippen molar-refractivity contribution in [1.29, 1.82) is 0 Å². The van der Waals surface area contributed by atoms with Gasteiger partial charge < -0.3 is 14.9 Å². The summed E-state index contributed by atoms with van der Waals surface area (Å²) >= 11 is 0. The molecule has 27 heavy (non-hydrogen) atoms. The minimum Gasteiger partial charge on any atom is -0.352 e. The van der Waals surface area contributed by atoms with E-state index in [1.807, 2.05) is 33.0 Å². The van der Waals surface area contributed by atoms with E-state index in [2.05, 4.69) is 43.7 Å². The Kier molecular flexibility index (Phi) is 4.09. The third-order valence-corrected chi connectivity index (χ3v) is 4.60. The van der Waals surface area contributed by atoms with Crippen molar-refractivity contribution in [1.82, 2.24) is 24.5 Å². The van der Waals surface area contributed by atoms with Gasteiger partial charge in [0, 0.05) is 35.4 Å². The van der Waals surface area contributed by atoms with Crippen LogP contribution >= 0.6 is 0 Å². The topological polar surface area (TPSA) is 71.4 Å². The molecule has 4 rings (SSSR count). The maximum atomic E-state index is 14.8. The number of aryl methyl sites for hydroxylation is 1. The smallest absolute Gasteiger partial charge is 0.224 e. The number of aromatic amines is 1. The standard InChI is InChI=1S/C20H23FN6/c1-10(2)24-20-23-9-15-14(8-22-19(15)26-20)13-6-16(21)18-17(7-13)27(11(3)4)12(5)25-18/h6-11H,1-5H3,(H2,22,23,24,26). The van der Waals surface area contributed by atoms with Gasteiger partial charge in [0.1, 0.15) is 17.0 Å². The van der Waals surface area contributed by atoms with Crippen molar-refractivity contribution in [3.8, 4) is 11.1 Å². The van der Waals surface area contributed by atoms with E-state index >= 15 is 0 Å². The van der Waals surface area contributed by atoms with Crippen LogP contribution in [-0.4, -0.2) is 30.5 Å². The lowest BCUT2D eigenvalue weighted by molar-refractivity contribution is 0.600. The molecule has 0 aliphatic heterocycles. The van der Waals surface area contributed by atoms with Gasteiger partial charge in [0.25, 0.3) is 0 Å². The normalized spacial score (nSPS) is 12.0. The van der Waals surface area contributed by atoms with Crippen LogP contribution in [0.3, 0.4) is 0 Å². The molecule has 3 aromatic heterocycles. The first-order valence-corrected chi connectivity index (χ1v) is 9.14. The highest BCUT2D eigenvalue weighted by molar-refractivity contribution is 5.96. The number of rotatable bonds is 4. The Morgan fingerprint density at radius 1 is 1.15 bits per heavy atom. The van der Waals surface area contributed by atoms with E-state index < -0.39 is 0 Å². The molecule has 0 unspecified atom stereocenters. The molecule has 0 saturated heterocycles. The molecule has 0 aliphatic carbocycles. The zero-order valence-corrected chi connectivity index (χ0v) is 16.1. The van der Waals surface area contributed by atoms with Crippen LogP contribution in [0.25, 0.3) is 33.2 Å². The van der Waals surface area contributed by atoms with Crippen LogP contribution in [-0.2, 0) is 0 Å². The van der Waals surface area contributed by atoms with Crippen molar-refractivity contribution >= 4 is 28.0 Å². The number of halogens is 1. The number of aromatic nitrogens is 5. The second-order valence-electron chi connectivity index (χ2n) is 7.41. The lowest BCUT2D eigenvalue weighted by atomic mass is 10.1. The quantitative estimate of drug-likeness (QED) is 0.543. The highest BCUT2D eigenvalue weighted by Crippen LogP contribution is 2.33. The van der Waals surface area contributed by atoms with E-state index in [9.17, 15) is 4.39 Å². The fraction of sp³-hybridized carbons (Fsp3) is 0.350. The van der Waals surface area contributed by atoms with Crippen LogP contribution in [0.4, 0.5) is 10.3 Å². The van der Waals surface area contributed by atoms with Gasteiger partial charge in [-0.25, -0.2) is 14.4 Å². The Bertz CT molecular complexity index is 1140. The number of imidazole rings is 1. The molecular formula is C20H23FN6. The molecule has 0 aliphatic rings. The summed E-state index contributed by atoms with van der Waals surface area (Å²) in [4.78, 5) is 16.5. The Balaban J connectivity index is 1.88. The second kappa shape index (κ2) is 6.33. The van der Waals surface area contributed by atoms with Gasteiger partial charge >= 0.3 is 0 Å². The van der Waals surface area contributed by atoms with Crippen LogP contribution < -0.4 is 5.32 Å². The lowest BCUT2D eigenvalue weighted by Gasteiger charge is -2.11. The van der Waals surface area contributed by atoms with Crippen molar-refractivity contribution < 1.29 is 4.39 Å². The molecule has 7 heteroatoms. The van der Waals surface area contributed by atoms with Crippen LogP contribution in [0, 0.1) is 12.7 Å². The van der Waals surface area contributed by atoms with Gasteiger partial charge in [0.05, 0.1) is 5.52 Å². The SMILES string of the molecule is Cc1nc2c(F)cc(-c3c[nH]c4nc(NC(C)C)ncc34)cc2n1C(C)C. The molecule has 3 heterocycles. The molecule has 0 spiro atoms. The summed E-state index contributed by atoms with van der Waals surface area (Å²) in [6.07, 6.45) is 3.62. The van der Waals surface area contributed by atoms with Crippen molar-refractivity contribution in [2.45, 2.75) is 46.7 Å². The van der Waals surface area contributed by atoms with E-state index in [1.165, 1.54) is 6.07 Å². The lowest BCUT2D eigenvalue weighted by Crippen LogP contribution is -2.12. The summed E-state index contributed by atoms with van der Waals surface area (Å²) in [5, 5.41) is 4.04. The number of fused-ring (bicyclic) bond motifs is 2. The number of anilines is 1. The molecule has 0 atom stereocenters. The third kappa shape index (κ3) is 2.93.